The van der Waals surface area contributed by atoms with Crippen LogP contribution < -0.4 is 10.1 Å². The summed E-state index contributed by atoms with van der Waals surface area (Å²) in [6.45, 7) is 2.78. The third-order valence-electron chi connectivity index (χ3n) is 3.18. The Morgan fingerprint density at radius 2 is 2.05 bits per heavy atom. The van der Waals surface area contributed by atoms with E-state index in [1.165, 1.54) is 13.2 Å². The zero-order valence-electron chi connectivity index (χ0n) is 12.1. The molecule has 0 fully saturated rings. The van der Waals surface area contributed by atoms with E-state index in [1.54, 1.807) is 18.3 Å². The molecule has 1 unspecified atom stereocenters. The Bertz CT molecular complexity index is 605. The zero-order valence-corrected chi connectivity index (χ0v) is 12.1. The fourth-order valence-electron chi connectivity index (χ4n) is 2.18. The van der Waals surface area contributed by atoms with Crippen molar-refractivity contribution in [3.63, 3.8) is 0 Å². The maximum absolute atomic E-state index is 13.5. The van der Waals surface area contributed by atoms with Crippen LogP contribution in [-0.2, 0) is 0 Å². The first kappa shape index (κ1) is 15.4. The number of aromatic nitrogens is 1. The van der Waals surface area contributed by atoms with Crippen molar-refractivity contribution < 1.29 is 13.5 Å². The second kappa shape index (κ2) is 7.13. The Balaban J connectivity index is 2.44. The number of halogens is 2. The van der Waals surface area contributed by atoms with Crippen molar-refractivity contribution in [2.24, 2.45) is 0 Å². The molecule has 1 N–H and O–H groups in total. The van der Waals surface area contributed by atoms with E-state index in [0.717, 1.165) is 24.6 Å². The summed E-state index contributed by atoms with van der Waals surface area (Å²) in [5.74, 6) is -1.25. The van der Waals surface area contributed by atoms with Gasteiger partial charge in [0.25, 0.3) is 0 Å². The Morgan fingerprint density at radius 3 is 2.71 bits per heavy atom. The van der Waals surface area contributed by atoms with Crippen LogP contribution in [0.15, 0.2) is 36.5 Å². The highest BCUT2D eigenvalue weighted by Crippen LogP contribution is 2.29. The first-order valence-electron chi connectivity index (χ1n) is 6.84. The third-order valence-corrected chi connectivity index (χ3v) is 3.18. The summed E-state index contributed by atoms with van der Waals surface area (Å²) >= 11 is 0. The molecule has 1 aromatic heterocycles. The maximum Gasteiger partial charge on any atom is 0.218 e. The largest absolute Gasteiger partial charge is 0.481 e. The topological polar surface area (TPSA) is 34.2 Å². The van der Waals surface area contributed by atoms with Gasteiger partial charge in [-0.1, -0.05) is 19.1 Å². The van der Waals surface area contributed by atoms with Gasteiger partial charge in [-0.15, -0.1) is 0 Å². The Morgan fingerprint density at radius 1 is 1.24 bits per heavy atom. The van der Waals surface area contributed by atoms with Gasteiger partial charge in [0.1, 0.15) is 0 Å². The van der Waals surface area contributed by atoms with E-state index in [0.29, 0.717) is 11.4 Å². The lowest BCUT2D eigenvalue weighted by Gasteiger charge is -2.21. The molecule has 3 nitrogen and oxygen atoms in total. The van der Waals surface area contributed by atoms with Crippen molar-refractivity contribution in [1.82, 2.24) is 10.3 Å². The van der Waals surface area contributed by atoms with Crippen LogP contribution in [0.4, 0.5) is 8.78 Å². The maximum atomic E-state index is 13.5. The Hall–Kier alpha value is -2.01. The van der Waals surface area contributed by atoms with E-state index in [1.807, 2.05) is 13.0 Å². The highest BCUT2D eigenvalue weighted by atomic mass is 19.2. The van der Waals surface area contributed by atoms with Gasteiger partial charge >= 0.3 is 0 Å². The second-order valence-electron chi connectivity index (χ2n) is 4.66. The fourth-order valence-corrected chi connectivity index (χ4v) is 2.18. The van der Waals surface area contributed by atoms with E-state index in [-0.39, 0.29) is 6.04 Å². The molecule has 21 heavy (non-hydrogen) atoms. The number of rotatable bonds is 6. The van der Waals surface area contributed by atoms with Crippen LogP contribution in [-0.4, -0.2) is 18.6 Å². The summed E-state index contributed by atoms with van der Waals surface area (Å²) in [5.41, 5.74) is 1.42. The molecule has 0 aliphatic rings. The average molecular weight is 292 g/mol. The van der Waals surface area contributed by atoms with E-state index in [9.17, 15) is 8.78 Å². The molecular weight excluding hydrogens is 274 g/mol. The van der Waals surface area contributed by atoms with Crippen molar-refractivity contribution in [1.29, 1.82) is 0 Å². The molecule has 112 valence electrons. The molecule has 2 aromatic rings. The summed E-state index contributed by atoms with van der Waals surface area (Å²) in [5, 5.41) is 3.31. The first-order valence-corrected chi connectivity index (χ1v) is 6.84. The molecule has 1 aromatic carbocycles. The van der Waals surface area contributed by atoms with Gasteiger partial charge in [0.05, 0.1) is 13.2 Å². The van der Waals surface area contributed by atoms with Gasteiger partial charge in [-0.3, -0.25) is 0 Å². The van der Waals surface area contributed by atoms with Crippen molar-refractivity contribution in [2.75, 3.05) is 13.7 Å². The number of benzene rings is 1. The number of methoxy groups -OCH3 is 1. The molecule has 0 aliphatic carbocycles. The van der Waals surface area contributed by atoms with Gasteiger partial charge in [-0.05, 0) is 36.7 Å². The zero-order chi connectivity index (χ0) is 15.2. The molecule has 0 saturated carbocycles. The number of pyridine rings is 1. The van der Waals surface area contributed by atoms with E-state index < -0.39 is 11.6 Å². The molecule has 0 aliphatic heterocycles. The van der Waals surface area contributed by atoms with Gasteiger partial charge in [-0.25, -0.2) is 13.8 Å². The van der Waals surface area contributed by atoms with Crippen LogP contribution in [0.5, 0.6) is 5.88 Å². The highest BCUT2D eigenvalue weighted by molar-refractivity contribution is 5.37. The van der Waals surface area contributed by atoms with E-state index in [4.69, 9.17) is 4.74 Å². The van der Waals surface area contributed by atoms with Crippen LogP contribution in [0, 0.1) is 11.6 Å². The lowest BCUT2D eigenvalue weighted by Crippen LogP contribution is -2.24. The number of hydrogen-bond acceptors (Lipinski definition) is 3. The molecule has 0 radical (unpaired) electrons. The number of nitrogens with zero attached hydrogens (tertiary/aromatic N) is 1. The number of hydrogen-bond donors (Lipinski definition) is 1. The monoisotopic (exact) mass is 292 g/mol. The van der Waals surface area contributed by atoms with Crippen LogP contribution in [0.2, 0.25) is 0 Å². The second-order valence-corrected chi connectivity index (χ2v) is 4.66. The highest BCUT2D eigenvalue weighted by Gasteiger charge is 2.19. The molecular formula is C16H18F2N2O. The molecule has 0 bridgehead atoms. The molecule has 5 heteroatoms. The van der Waals surface area contributed by atoms with Crippen molar-refractivity contribution >= 4 is 0 Å². The Kier molecular flexibility index (Phi) is 5.22. The van der Waals surface area contributed by atoms with Gasteiger partial charge in [0.15, 0.2) is 11.6 Å². The third kappa shape index (κ3) is 3.55. The molecule has 1 atom stereocenters. The quantitative estimate of drug-likeness (QED) is 0.885. The minimum absolute atomic E-state index is 0.302. The van der Waals surface area contributed by atoms with Crippen LogP contribution in [0.1, 0.15) is 30.5 Å². The molecule has 0 amide bonds. The summed E-state index contributed by atoms with van der Waals surface area (Å²) in [6, 6.07) is 7.25. The molecule has 0 spiro atoms. The lowest BCUT2D eigenvalue weighted by atomic mass is 9.99. The van der Waals surface area contributed by atoms with Crippen LogP contribution in [0.25, 0.3) is 0 Å². The van der Waals surface area contributed by atoms with Gasteiger partial charge < -0.3 is 10.1 Å². The van der Waals surface area contributed by atoms with E-state index >= 15 is 0 Å². The van der Waals surface area contributed by atoms with Crippen LogP contribution >= 0.6 is 0 Å². The SMILES string of the molecule is CCCNC(c1ccc(F)c(F)c1)c1cccnc1OC. The molecule has 1 heterocycles. The van der Waals surface area contributed by atoms with Gasteiger partial charge in [0.2, 0.25) is 5.88 Å². The predicted octanol–water partition coefficient (Wildman–Crippen LogP) is 3.46. The first-order chi connectivity index (χ1) is 10.2. The lowest BCUT2D eigenvalue weighted by molar-refractivity contribution is 0.386. The minimum atomic E-state index is -0.862. The smallest absolute Gasteiger partial charge is 0.218 e. The average Bonchev–Trinajstić information content (AvgIpc) is 2.51. The summed E-state index contributed by atoms with van der Waals surface area (Å²) in [4.78, 5) is 4.16. The standard InChI is InChI=1S/C16H18F2N2O/c1-3-8-19-15(11-6-7-13(17)14(18)10-11)12-5-4-9-20-16(12)21-2/h4-7,9-10,15,19H,3,8H2,1-2H3. The van der Waals surface area contributed by atoms with Crippen molar-refractivity contribution in [3.8, 4) is 5.88 Å². The number of ether oxygens (including phenoxy) is 1. The Labute approximate surface area is 123 Å². The van der Waals surface area contributed by atoms with Crippen molar-refractivity contribution in [2.45, 2.75) is 19.4 Å². The molecule has 0 saturated heterocycles. The number of nitrogens with one attached hydrogen (secondary N) is 1. The van der Waals surface area contributed by atoms with E-state index in [2.05, 4.69) is 10.3 Å². The molecule has 2 rings (SSSR count). The summed E-state index contributed by atoms with van der Waals surface area (Å²) in [7, 11) is 1.54. The fraction of sp³-hybridized carbons (Fsp3) is 0.312. The normalized spacial score (nSPS) is 12.2. The van der Waals surface area contributed by atoms with Crippen LogP contribution in [0.3, 0.4) is 0 Å². The van der Waals surface area contributed by atoms with Gasteiger partial charge in [-0.2, -0.15) is 0 Å². The van der Waals surface area contributed by atoms with Gasteiger partial charge in [0, 0.05) is 11.8 Å². The summed E-state index contributed by atoms with van der Waals surface area (Å²) in [6.07, 6.45) is 2.55. The van der Waals surface area contributed by atoms with Crippen molar-refractivity contribution in [3.05, 3.63) is 59.3 Å². The minimum Gasteiger partial charge on any atom is -0.481 e. The predicted molar refractivity (Wildman–Crippen MR) is 77.3 cm³/mol. The summed E-state index contributed by atoms with van der Waals surface area (Å²) < 4.78 is 31.9.